The van der Waals surface area contributed by atoms with Crippen LogP contribution in [0.1, 0.15) is 18.4 Å². The molecule has 5 nitrogen and oxygen atoms in total. The molecule has 0 aromatic heterocycles. The van der Waals surface area contributed by atoms with Crippen molar-refractivity contribution in [3.8, 4) is 0 Å². The van der Waals surface area contributed by atoms with Crippen LogP contribution in [0.15, 0.2) is 54.6 Å². The number of sulfonamides is 1. The molecule has 27 heavy (non-hydrogen) atoms. The SMILES string of the molecule is O=S(=O)(CCc1ccccc1)Nc1ccc(N2CCN(C3CC3)CC2)cc1. The van der Waals surface area contributed by atoms with Gasteiger partial charge in [0, 0.05) is 43.6 Å². The van der Waals surface area contributed by atoms with Crippen LogP contribution in [0.5, 0.6) is 0 Å². The van der Waals surface area contributed by atoms with E-state index in [2.05, 4.69) is 14.5 Å². The molecule has 2 fully saturated rings. The van der Waals surface area contributed by atoms with Gasteiger partial charge in [-0.1, -0.05) is 30.3 Å². The highest BCUT2D eigenvalue weighted by Gasteiger charge is 2.31. The number of piperazine rings is 1. The summed E-state index contributed by atoms with van der Waals surface area (Å²) in [7, 11) is -3.35. The molecule has 1 aliphatic carbocycles. The first-order valence-electron chi connectivity index (χ1n) is 9.72. The summed E-state index contributed by atoms with van der Waals surface area (Å²) in [5.41, 5.74) is 2.82. The summed E-state index contributed by atoms with van der Waals surface area (Å²) in [6.07, 6.45) is 3.23. The summed E-state index contributed by atoms with van der Waals surface area (Å²) in [6, 6.07) is 18.3. The molecule has 0 unspecified atom stereocenters. The van der Waals surface area contributed by atoms with Gasteiger partial charge in [0.25, 0.3) is 0 Å². The number of benzene rings is 2. The zero-order valence-corrected chi connectivity index (χ0v) is 16.4. The molecule has 2 aliphatic rings. The number of anilines is 2. The van der Waals surface area contributed by atoms with Crippen molar-refractivity contribution in [1.82, 2.24) is 4.90 Å². The lowest BCUT2D eigenvalue weighted by atomic mass is 10.2. The molecule has 1 saturated carbocycles. The average Bonchev–Trinajstić information content (AvgIpc) is 3.53. The monoisotopic (exact) mass is 385 g/mol. The topological polar surface area (TPSA) is 52.7 Å². The molecule has 1 aliphatic heterocycles. The van der Waals surface area contributed by atoms with Gasteiger partial charge in [0.1, 0.15) is 0 Å². The predicted molar refractivity (Wildman–Crippen MR) is 111 cm³/mol. The highest BCUT2D eigenvalue weighted by atomic mass is 32.2. The van der Waals surface area contributed by atoms with Crippen molar-refractivity contribution in [2.24, 2.45) is 0 Å². The Bertz CT molecular complexity index is 841. The normalized spacial score (nSPS) is 18.4. The number of nitrogens with one attached hydrogen (secondary N) is 1. The molecule has 2 aromatic rings. The van der Waals surface area contributed by atoms with Gasteiger partial charge >= 0.3 is 0 Å². The van der Waals surface area contributed by atoms with Crippen LogP contribution in [0.2, 0.25) is 0 Å². The fourth-order valence-electron chi connectivity index (χ4n) is 3.65. The summed E-state index contributed by atoms with van der Waals surface area (Å²) in [4.78, 5) is 4.97. The van der Waals surface area contributed by atoms with Gasteiger partial charge in [-0.25, -0.2) is 8.42 Å². The summed E-state index contributed by atoms with van der Waals surface area (Å²) in [6.45, 7) is 4.33. The maximum absolute atomic E-state index is 12.3. The van der Waals surface area contributed by atoms with E-state index < -0.39 is 10.0 Å². The molecule has 0 atom stereocenters. The lowest BCUT2D eigenvalue weighted by Gasteiger charge is -2.36. The van der Waals surface area contributed by atoms with E-state index in [0.29, 0.717) is 12.1 Å². The zero-order chi connectivity index (χ0) is 18.7. The fraction of sp³-hybridized carbons (Fsp3) is 0.429. The van der Waals surface area contributed by atoms with Crippen LogP contribution in [0.25, 0.3) is 0 Å². The minimum Gasteiger partial charge on any atom is -0.369 e. The fourth-order valence-corrected chi connectivity index (χ4v) is 4.75. The second-order valence-corrected chi connectivity index (χ2v) is 9.30. The lowest BCUT2D eigenvalue weighted by Crippen LogP contribution is -2.47. The van der Waals surface area contributed by atoms with E-state index in [4.69, 9.17) is 0 Å². The molecule has 144 valence electrons. The van der Waals surface area contributed by atoms with Crippen LogP contribution in [-0.4, -0.2) is 51.3 Å². The van der Waals surface area contributed by atoms with E-state index in [1.807, 2.05) is 54.6 Å². The molecular formula is C21H27N3O2S. The van der Waals surface area contributed by atoms with Gasteiger partial charge in [0.2, 0.25) is 10.0 Å². The van der Waals surface area contributed by atoms with Crippen molar-refractivity contribution in [1.29, 1.82) is 0 Å². The molecule has 6 heteroatoms. The first-order chi connectivity index (χ1) is 13.1. The van der Waals surface area contributed by atoms with Gasteiger partial charge in [0.05, 0.1) is 5.75 Å². The Morgan fingerprint density at radius 1 is 0.889 bits per heavy atom. The molecule has 1 heterocycles. The number of hydrogen-bond donors (Lipinski definition) is 1. The standard InChI is InChI=1S/C21H27N3O2S/c25-27(26,17-12-18-4-2-1-3-5-18)22-19-6-8-20(9-7-19)23-13-15-24(16-14-23)21-10-11-21/h1-9,21-22H,10-17H2. The Morgan fingerprint density at radius 3 is 2.19 bits per heavy atom. The molecule has 4 rings (SSSR count). The largest absolute Gasteiger partial charge is 0.369 e. The molecule has 0 radical (unpaired) electrons. The van der Waals surface area contributed by atoms with Crippen molar-refractivity contribution < 1.29 is 8.42 Å². The Morgan fingerprint density at radius 2 is 1.56 bits per heavy atom. The summed E-state index contributed by atoms with van der Waals surface area (Å²) in [5.74, 6) is 0.0852. The van der Waals surface area contributed by atoms with E-state index in [1.165, 1.54) is 12.8 Å². The molecule has 0 bridgehead atoms. The third-order valence-electron chi connectivity index (χ3n) is 5.39. The number of aryl methyl sites for hydroxylation is 1. The Hall–Kier alpha value is -2.05. The first kappa shape index (κ1) is 18.3. The third kappa shape index (κ3) is 5.02. The zero-order valence-electron chi connectivity index (χ0n) is 15.5. The van der Waals surface area contributed by atoms with Crippen LogP contribution in [0.4, 0.5) is 11.4 Å². The Kier molecular flexibility index (Phi) is 5.36. The molecule has 2 aromatic carbocycles. The van der Waals surface area contributed by atoms with Gasteiger partial charge in [-0.3, -0.25) is 9.62 Å². The van der Waals surface area contributed by atoms with Gasteiger partial charge < -0.3 is 4.90 Å². The van der Waals surface area contributed by atoms with Crippen molar-refractivity contribution in [3.63, 3.8) is 0 Å². The Labute approximate surface area is 162 Å². The van der Waals surface area contributed by atoms with Gasteiger partial charge in [-0.2, -0.15) is 0 Å². The number of rotatable bonds is 7. The van der Waals surface area contributed by atoms with Crippen LogP contribution >= 0.6 is 0 Å². The molecular weight excluding hydrogens is 358 g/mol. The van der Waals surface area contributed by atoms with Crippen LogP contribution in [0.3, 0.4) is 0 Å². The third-order valence-corrected chi connectivity index (χ3v) is 6.67. The van der Waals surface area contributed by atoms with Crippen LogP contribution < -0.4 is 9.62 Å². The quantitative estimate of drug-likeness (QED) is 0.796. The van der Waals surface area contributed by atoms with E-state index in [1.54, 1.807) is 0 Å². The minimum absolute atomic E-state index is 0.0852. The maximum Gasteiger partial charge on any atom is 0.233 e. The lowest BCUT2D eigenvalue weighted by molar-refractivity contribution is 0.248. The highest BCUT2D eigenvalue weighted by molar-refractivity contribution is 7.92. The van der Waals surface area contributed by atoms with Crippen molar-refractivity contribution >= 4 is 21.4 Å². The van der Waals surface area contributed by atoms with Crippen molar-refractivity contribution in [2.45, 2.75) is 25.3 Å². The summed E-state index contributed by atoms with van der Waals surface area (Å²) < 4.78 is 27.4. The molecule has 0 spiro atoms. The summed E-state index contributed by atoms with van der Waals surface area (Å²) >= 11 is 0. The molecule has 1 N–H and O–H groups in total. The van der Waals surface area contributed by atoms with Crippen LogP contribution in [0, 0.1) is 0 Å². The molecule has 0 amide bonds. The smallest absolute Gasteiger partial charge is 0.233 e. The van der Waals surface area contributed by atoms with E-state index in [-0.39, 0.29) is 5.75 Å². The van der Waals surface area contributed by atoms with E-state index >= 15 is 0 Å². The van der Waals surface area contributed by atoms with Crippen LogP contribution in [-0.2, 0) is 16.4 Å². The van der Waals surface area contributed by atoms with Crippen molar-refractivity contribution in [2.75, 3.05) is 41.6 Å². The van der Waals surface area contributed by atoms with Crippen molar-refractivity contribution in [3.05, 3.63) is 60.2 Å². The minimum atomic E-state index is -3.35. The van der Waals surface area contributed by atoms with Gasteiger partial charge in [-0.15, -0.1) is 0 Å². The van der Waals surface area contributed by atoms with E-state index in [0.717, 1.165) is 43.5 Å². The number of hydrogen-bond acceptors (Lipinski definition) is 4. The Balaban J connectivity index is 1.30. The second kappa shape index (κ2) is 7.90. The number of nitrogens with zero attached hydrogens (tertiary/aromatic N) is 2. The average molecular weight is 386 g/mol. The van der Waals surface area contributed by atoms with Gasteiger partial charge in [-0.05, 0) is 49.1 Å². The maximum atomic E-state index is 12.3. The second-order valence-electron chi connectivity index (χ2n) is 7.46. The predicted octanol–water partition coefficient (Wildman–Crippen LogP) is 2.96. The van der Waals surface area contributed by atoms with Gasteiger partial charge in [0.15, 0.2) is 0 Å². The first-order valence-corrected chi connectivity index (χ1v) is 11.4. The molecule has 1 saturated heterocycles. The highest BCUT2D eigenvalue weighted by Crippen LogP contribution is 2.28. The summed E-state index contributed by atoms with van der Waals surface area (Å²) in [5, 5.41) is 0. The van der Waals surface area contributed by atoms with E-state index in [9.17, 15) is 8.42 Å².